The first-order valence-electron chi connectivity index (χ1n) is 3.06. The molecule has 0 aromatic heterocycles. The minimum atomic E-state index is -0.650. The van der Waals surface area contributed by atoms with Crippen LogP contribution >= 0.6 is 12.2 Å². The lowest BCUT2D eigenvalue weighted by Crippen LogP contribution is -1.99. The highest BCUT2D eigenvalue weighted by atomic mass is 32.1. The standard InChI is InChI=1S/C6H9NO2S/c1-2-3-4-9-6(8)7-5-10/h2-4H2,1H3. The summed E-state index contributed by atoms with van der Waals surface area (Å²) < 4.78 is 4.59. The second kappa shape index (κ2) is 6.39. The van der Waals surface area contributed by atoms with Gasteiger partial charge in [-0.3, -0.25) is 0 Å². The molecule has 0 rings (SSSR count). The summed E-state index contributed by atoms with van der Waals surface area (Å²) in [4.78, 5) is 13.5. The van der Waals surface area contributed by atoms with E-state index in [1.165, 1.54) is 0 Å². The average Bonchev–Trinajstić information content (AvgIpc) is 1.89. The van der Waals surface area contributed by atoms with Crippen LogP contribution in [0.2, 0.25) is 0 Å². The Kier molecular flexibility index (Phi) is 5.92. The lowest BCUT2D eigenvalue weighted by molar-refractivity contribution is 0.156. The third-order valence-corrected chi connectivity index (χ3v) is 0.952. The molecule has 0 saturated carbocycles. The number of amides is 1. The van der Waals surface area contributed by atoms with Crippen LogP contribution < -0.4 is 0 Å². The van der Waals surface area contributed by atoms with Crippen LogP contribution in [0.15, 0.2) is 4.99 Å². The summed E-state index contributed by atoms with van der Waals surface area (Å²) in [6.07, 6.45) is 1.20. The Morgan fingerprint density at radius 3 is 3.00 bits per heavy atom. The highest BCUT2D eigenvalue weighted by Crippen LogP contribution is 1.89. The summed E-state index contributed by atoms with van der Waals surface area (Å²) >= 11 is 4.19. The minimum absolute atomic E-state index is 0.413. The summed E-state index contributed by atoms with van der Waals surface area (Å²) in [5, 5.41) is 1.93. The maximum Gasteiger partial charge on any atom is 0.442 e. The molecule has 0 aromatic carbocycles. The number of hydrogen-bond donors (Lipinski definition) is 0. The lowest BCUT2D eigenvalue weighted by atomic mass is 10.4. The smallest absolute Gasteiger partial charge is 0.442 e. The summed E-state index contributed by atoms with van der Waals surface area (Å²) in [5.74, 6) is 0. The molecule has 0 spiro atoms. The Bertz CT molecular complexity index is 152. The summed E-state index contributed by atoms with van der Waals surface area (Å²) in [7, 11) is 0. The van der Waals surface area contributed by atoms with Gasteiger partial charge in [-0.1, -0.05) is 13.3 Å². The van der Waals surface area contributed by atoms with Gasteiger partial charge in [0.15, 0.2) is 0 Å². The molecule has 4 heteroatoms. The Labute approximate surface area is 65.1 Å². The van der Waals surface area contributed by atoms with Crippen molar-refractivity contribution >= 4 is 23.5 Å². The summed E-state index contributed by atoms with van der Waals surface area (Å²) in [6.45, 7) is 2.42. The molecule has 0 aliphatic heterocycles. The van der Waals surface area contributed by atoms with E-state index >= 15 is 0 Å². The Hall–Kier alpha value is -0.730. The zero-order valence-corrected chi connectivity index (χ0v) is 6.61. The number of hydrogen-bond acceptors (Lipinski definition) is 3. The fourth-order valence-electron chi connectivity index (χ4n) is 0.373. The zero-order chi connectivity index (χ0) is 7.82. The van der Waals surface area contributed by atoms with E-state index in [0.717, 1.165) is 12.8 Å². The molecule has 10 heavy (non-hydrogen) atoms. The van der Waals surface area contributed by atoms with Crippen LogP contribution in [0.1, 0.15) is 19.8 Å². The van der Waals surface area contributed by atoms with Crippen LogP contribution in [0.5, 0.6) is 0 Å². The number of nitrogens with zero attached hydrogens (tertiary/aromatic N) is 1. The van der Waals surface area contributed by atoms with Gasteiger partial charge in [-0.2, -0.15) is 0 Å². The number of rotatable bonds is 3. The molecule has 0 aliphatic rings. The number of isothiocyanates is 1. The van der Waals surface area contributed by atoms with Crippen LogP contribution in [0, 0.1) is 0 Å². The van der Waals surface area contributed by atoms with Crippen molar-refractivity contribution in [1.29, 1.82) is 0 Å². The molecule has 0 fully saturated rings. The molecule has 0 saturated heterocycles. The van der Waals surface area contributed by atoms with Crippen LogP contribution in [-0.2, 0) is 4.74 Å². The van der Waals surface area contributed by atoms with E-state index in [1.807, 2.05) is 12.1 Å². The molecule has 0 heterocycles. The number of aliphatic imine (C=N–C) groups is 1. The van der Waals surface area contributed by atoms with Crippen molar-refractivity contribution < 1.29 is 9.53 Å². The van der Waals surface area contributed by atoms with Gasteiger partial charge in [0.25, 0.3) is 0 Å². The molecule has 0 bridgehead atoms. The van der Waals surface area contributed by atoms with Crippen LogP contribution in [0.3, 0.4) is 0 Å². The second-order valence-corrected chi connectivity index (χ2v) is 1.85. The summed E-state index contributed by atoms with van der Waals surface area (Å²) in [5.41, 5.74) is 0. The van der Waals surface area contributed by atoms with Crippen molar-refractivity contribution in [1.82, 2.24) is 0 Å². The van der Waals surface area contributed by atoms with Gasteiger partial charge in [0.05, 0.1) is 11.8 Å². The van der Waals surface area contributed by atoms with Gasteiger partial charge in [0.1, 0.15) is 0 Å². The Morgan fingerprint density at radius 1 is 1.80 bits per heavy atom. The SMILES string of the molecule is CCCCOC(=O)N=C=S. The van der Waals surface area contributed by atoms with Gasteiger partial charge in [-0.25, -0.2) is 4.79 Å². The molecular formula is C6H9NO2S. The molecule has 0 unspecified atom stereocenters. The zero-order valence-electron chi connectivity index (χ0n) is 5.79. The molecule has 0 aromatic rings. The fourth-order valence-corrected chi connectivity index (χ4v) is 0.448. The monoisotopic (exact) mass is 159 g/mol. The molecule has 0 radical (unpaired) electrons. The van der Waals surface area contributed by atoms with Gasteiger partial charge in [0, 0.05) is 0 Å². The predicted molar refractivity (Wildman–Crippen MR) is 41.3 cm³/mol. The van der Waals surface area contributed by atoms with Gasteiger partial charge in [-0.15, -0.1) is 4.99 Å². The number of ether oxygens (including phenoxy) is 1. The number of carbonyl (C=O) groups is 1. The highest BCUT2D eigenvalue weighted by Gasteiger charge is 1.94. The predicted octanol–water partition coefficient (Wildman–Crippen LogP) is 2.03. The normalized spacial score (nSPS) is 8.10. The minimum Gasteiger partial charge on any atom is -0.447 e. The van der Waals surface area contributed by atoms with E-state index in [4.69, 9.17) is 0 Å². The van der Waals surface area contributed by atoms with Crippen LogP contribution in [-0.4, -0.2) is 17.9 Å². The fraction of sp³-hybridized carbons (Fsp3) is 0.667. The number of thiocarbonyl (C=S) groups is 1. The third kappa shape index (κ3) is 5.41. The molecule has 0 aliphatic carbocycles. The molecule has 0 atom stereocenters. The van der Waals surface area contributed by atoms with E-state index in [2.05, 4.69) is 21.9 Å². The van der Waals surface area contributed by atoms with Gasteiger partial charge in [-0.05, 0) is 18.6 Å². The van der Waals surface area contributed by atoms with Crippen LogP contribution in [0.4, 0.5) is 4.79 Å². The Balaban J connectivity index is 3.31. The molecule has 0 N–H and O–H groups in total. The molecular weight excluding hydrogens is 150 g/mol. The van der Waals surface area contributed by atoms with Crippen molar-refractivity contribution in [3.8, 4) is 0 Å². The number of unbranched alkanes of at least 4 members (excludes halogenated alkanes) is 1. The van der Waals surface area contributed by atoms with Crippen molar-refractivity contribution in [2.24, 2.45) is 4.99 Å². The Morgan fingerprint density at radius 2 is 2.50 bits per heavy atom. The maximum atomic E-state index is 10.4. The van der Waals surface area contributed by atoms with Crippen molar-refractivity contribution in [2.45, 2.75) is 19.8 Å². The van der Waals surface area contributed by atoms with E-state index in [9.17, 15) is 4.79 Å². The van der Waals surface area contributed by atoms with Crippen molar-refractivity contribution in [2.75, 3.05) is 6.61 Å². The molecule has 56 valence electrons. The van der Waals surface area contributed by atoms with Crippen molar-refractivity contribution in [3.05, 3.63) is 0 Å². The highest BCUT2D eigenvalue weighted by molar-refractivity contribution is 7.78. The van der Waals surface area contributed by atoms with Gasteiger partial charge >= 0.3 is 6.09 Å². The largest absolute Gasteiger partial charge is 0.447 e. The second-order valence-electron chi connectivity index (χ2n) is 1.67. The number of carbonyl (C=O) groups excluding carboxylic acids is 1. The van der Waals surface area contributed by atoms with Crippen LogP contribution in [0.25, 0.3) is 0 Å². The topological polar surface area (TPSA) is 38.7 Å². The van der Waals surface area contributed by atoms with E-state index in [-0.39, 0.29) is 0 Å². The van der Waals surface area contributed by atoms with Gasteiger partial charge in [0.2, 0.25) is 0 Å². The first kappa shape index (κ1) is 9.27. The van der Waals surface area contributed by atoms with E-state index in [0.29, 0.717) is 6.61 Å². The lowest BCUT2D eigenvalue weighted by Gasteiger charge is -1.95. The summed E-state index contributed by atoms with van der Waals surface area (Å²) in [6, 6.07) is 0. The molecule has 1 amide bonds. The maximum absolute atomic E-state index is 10.4. The van der Waals surface area contributed by atoms with E-state index < -0.39 is 6.09 Å². The van der Waals surface area contributed by atoms with E-state index in [1.54, 1.807) is 0 Å². The average molecular weight is 159 g/mol. The first-order valence-corrected chi connectivity index (χ1v) is 3.46. The van der Waals surface area contributed by atoms with Gasteiger partial charge < -0.3 is 4.74 Å². The first-order chi connectivity index (χ1) is 4.81. The third-order valence-electron chi connectivity index (χ3n) is 0.860. The quantitative estimate of drug-likeness (QED) is 0.359. The molecule has 3 nitrogen and oxygen atoms in total. The van der Waals surface area contributed by atoms with Crippen molar-refractivity contribution in [3.63, 3.8) is 0 Å².